The molecule has 2 heterocycles. The number of piperidine rings is 1. The van der Waals surface area contributed by atoms with Gasteiger partial charge in [0.1, 0.15) is 5.82 Å². The Hall–Kier alpha value is -1.62. The molecule has 0 spiro atoms. The Morgan fingerprint density at radius 1 is 1.42 bits per heavy atom. The van der Waals surface area contributed by atoms with Gasteiger partial charge in [-0.3, -0.25) is 0 Å². The van der Waals surface area contributed by atoms with E-state index >= 15 is 0 Å². The number of carbonyl (C=O) groups is 1. The van der Waals surface area contributed by atoms with Crippen molar-refractivity contribution < 1.29 is 15.0 Å². The molecule has 5 nitrogen and oxygen atoms in total. The first-order valence-electron chi connectivity index (χ1n) is 6.63. The van der Waals surface area contributed by atoms with Crippen LogP contribution >= 0.6 is 0 Å². The van der Waals surface area contributed by atoms with Gasteiger partial charge in [-0.2, -0.15) is 0 Å². The highest BCUT2D eigenvalue weighted by molar-refractivity contribution is 5.89. The van der Waals surface area contributed by atoms with Crippen molar-refractivity contribution in [2.24, 2.45) is 5.92 Å². The topological polar surface area (TPSA) is 73.7 Å². The second-order valence-electron chi connectivity index (χ2n) is 5.17. The summed E-state index contributed by atoms with van der Waals surface area (Å²) in [5.41, 5.74) is 0.797. The van der Waals surface area contributed by atoms with Crippen LogP contribution in [-0.2, 0) is 0 Å². The van der Waals surface area contributed by atoms with Gasteiger partial charge in [0.2, 0.25) is 0 Å². The molecule has 1 atom stereocenters. The van der Waals surface area contributed by atoms with Crippen LogP contribution < -0.4 is 4.90 Å². The Labute approximate surface area is 112 Å². The third kappa shape index (κ3) is 3.04. The van der Waals surface area contributed by atoms with Gasteiger partial charge < -0.3 is 15.1 Å². The lowest BCUT2D eigenvalue weighted by molar-refractivity contribution is 0.0695. The van der Waals surface area contributed by atoms with E-state index in [1.807, 2.05) is 6.92 Å². The molecule has 0 bridgehead atoms. The molecule has 1 fully saturated rings. The number of carboxylic acid groups (broad SMARTS) is 1. The normalized spacial score (nSPS) is 18.4. The molecule has 1 unspecified atom stereocenters. The molecule has 2 rings (SSSR count). The van der Waals surface area contributed by atoms with Crippen molar-refractivity contribution in [1.82, 2.24) is 4.98 Å². The molecule has 0 radical (unpaired) electrons. The molecule has 0 saturated carbocycles. The standard InChI is InChI=1S/C14H20N2O3/c1-9-12(14(18)19)3-4-13(15-9)16-7-5-11(6-8-16)10(2)17/h3-4,10-11,17H,5-8H2,1-2H3,(H,18,19). The lowest BCUT2D eigenvalue weighted by Gasteiger charge is -2.34. The third-order valence-electron chi connectivity index (χ3n) is 3.85. The summed E-state index contributed by atoms with van der Waals surface area (Å²) in [6.45, 7) is 5.27. The molecule has 19 heavy (non-hydrogen) atoms. The van der Waals surface area contributed by atoms with Crippen LogP contribution in [0.1, 0.15) is 35.8 Å². The minimum atomic E-state index is -0.940. The summed E-state index contributed by atoms with van der Waals surface area (Å²) < 4.78 is 0. The summed E-state index contributed by atoms with van der Waals surface area (Å²) in [5.74, 6) is 0.242. The van der Waals surface area contributed by atoms with Crippen LogP contribution in [0.15, 0.2) is 12.1 Å². The van der Waals surface area contributed by atoms with Gasteiger partial charge in [-0.05, 0) is 44.7 Å². The van der Waals surface area contributed by atoms with E-state index in [0.717, 1.165) is 31.7 Å². The van der Waals surface area contributed by atoms with Crippen LogP contribution in [0, 0.1) is 12.8 Å². The molecule has 1 aromatic rings. The Balaban J connectivity index is 2.08. The van der Waals surface area contributed by atoms with Gasteiger partial charge in [-0.25, -0.2) is 9.78 Å². The highest BCUT2D eigenvalue weighted by Crippen LogP contribution is 2.24. The molecule has 1 aliphatic heterocycles. The number of pyridine rings is 1. The van der Waals surface area contributed by atoms with Crippen molar-refractivity contribution in [3.05, 3.63) is 23.4 Å². The number of hydrogen-bond acceptors (Lipinski definition) is 4. The lowest BCUT2D eigenvalue weighted by atomic mass is 9.92. The summed E-state index contributed by atoms with van der Waals surface area (Å²) in [7, 11) is 0. The first-order chi connectivity index (χ1) is 8.99. The number of aliphatic hydroxyl groups is 1. The van der Waals surface area contributed by atoms with E-state index in [-0.39, 0.29) is 11.7 Å². The summed E-state index contributed by atoms with van der Waals surface area (Å²) in [4.78, 5) is 17.5. The van der Waals surface area contributed by atoms with Gasteiger partial charge in [0, 0.05) is 13.1 Å². The number of carboxylic acids is 1. The largest absolute Gasteiger partial charge is 0.478 e. The first kappa shape index (κ1) is 13.8. The molecule has 0 aliphatic carbocycles. The average Bonchev–Trinajstić information content (AvgIpc) is 2.38. The van der Waals surface area contributed by atoms with Gasteiger partial charge >= 0.3 is 5.97 Å². The number of nitrogens with zero attached hydrogens (tertiary/aromatic N) is 2. The summed E-state index contributed by atoms with van der Waals surface area (Å²) in [5, 5.41) is 18.6. The van der Waals surface area contributed by atoms with Crippen LogP contribution in [0.25, 0.3) is 0 Å². The van der Waals surface area contributed by atoms with Gasteiger partial charge in [0.15, 0.2) is 0 Å². The van der Waals surface area contributed by atoms with E-state index in [2.05, 4.69) is 9.88 Å². The number of rotatable bonds is 3. The van der Waals surface area contributed by atoms with Crippen molar-refractivity contribution in [2.45, 2.75) is 32.8 Å². The van der Waals surface area contributed by atoms with Crippen LogP contribution in [0.4, 0.5) is 5.82 Å². The summed E-state index contributed by atoms with van der Waals surface area (Å²) >= 11 is 0. The number of aromatic nitrogens is 1. The minimum Gasteiger partial charge on any atom is -0.478 e. The SMILES string of the molecule is Cc1nc(N2CCC(C(C)O)CC2)ccc1C(=O)O. The van der Waals surface area contributed by atoms with Crippen molar-refractivity contribution in [3.63, 3.8) is 0 Å². The van der Waals surface area contributed by atoms with Gasteiger partial charge in [0.05, 0.1) is 17.4 Å². The summed E-state index contributed by atoms with van der Waals surface area (Å²) in [6.07, 6.45) is 1.63. The number of hydrogen-bond donors (Lipinski definition) is 2. The monoisotopic (exact) mass is 264 g/mol. The molecule has 0 aromatic carbocycles. The molecule has 5 heteroatoms. The fraction of sp³-hybridized carbons (Fsp3) is 0.571. The van der Waals surface area contributed by atoms with Crippen LogP contribution in [0.3, 0.4) is 0 Å². The van der Waals surface area contributed by atoms with Crippen molar-refractivity contribution in [2.75, 3.05) is 18.0 Å². The maximum Gasteiger partial charge on any atom is 0.337 e. The average molecular weight is 264 g/mol. The Morgan fingerprint density at radius 3 is 2.53 bits per heavy atom. The van der Waals surface area contributed by atoms with Crippen molar-refractivity contribution in [1.29, 1.82) is 0 Å². The third-order valence-corrected chi connectivity index (χ3v) is 3.85. The van der Waals surface area contributed by atoms with E-state index in [0.29, 0.717) is 11.6 Å². The van der Waals surface area contributed by atoms with Gasteiger partial charge in [-0.1, -0.05) is 0 Å². The highest BCUT2D eigenvalue weighted by atomic mass is 16.4. The smallest absolute Gasteiger partial charge is 0.337 e. The quantitative estimate of drug-likeness (QED) is 0.869. The van der Waals surface area contributed by atoms with Crippen LogP contribution in [-0.4, -0.2) is 40.4 Å². The van der Waals surface area contributed by atoms with E-state index in [1.54, 1.807) is 19.1 Å². The van der Waals surface area contributed by atoms with E-state index in [9.17, 15) is 9.90 Å². The predicted octanol–water partition coefficient (Wildman–Crippen LogP) is 1.69. The zero-order chi connectivity index (χ0) is 14.0. The Morgan fingerprint density at radius 2 is 2.05 bits per heavy atom. The maximum absolute atomic E-state index is 10.9. The van der Waals surface area contributed by atoms with Crippen LogP contribution in [0.5, 0.6) is 0 Å². The molecule has 1 aromatic heterocycles. The molecule has 2 N–H and O–H groups in total. The number of aliphatic hydroxyl groups excluding tert-OH is 1. The molecular weight excluding hydrogens is 244 g/mol. The zero-order valence-corrected chi connectivity index (χ0v) is 11.3. The highest BCUT2D eigenvalue weighted by Gasteiger charge is 2.23. The molecule has 104 valence electrons. The minimum absolute atomic E-state index is 0.252. The number of aryl methyl sites for hydroxylation is 1. The Kier molecular flexibility index (Phi) is 4.04. The van der Waals surface area contributed by atoms with Crippen molar-refractivity contribution in [3.8, 4) is 0 Å². The zero-order valence-electron chi connectivity index (χ0n) is 11.3. The van der Waals surface area contributed by atoms with Gasteiger partial charge in [-0.15, -0.1) is 0 Å². The van der Waals surface area contributed by atoms with E-state index < -0.39 is 5.97 Å². The number of aromatic carboxylic acids is 1. The van der Waals surface area contributed by atoms with Crippen molar-refractivity contribution >= 4 is 11.8 Å². The van der Waals surface area contributed by atoms with E-state index in [1.165, 1.54) is 0 Å². The molecule has 1 saturated heterocycles. The van der Waals surface area contributed by atoms with Gasteiger partial charge in [0.25, 0.3) is 0 Å². The van der Waals surface area contributed by atoms with E-state index in [4.69, 9.17) is 5.11 Å². The molecular formula is C14H20N2O3. The molecule has 0 amide bonds. The Bertz CT molecular complexity index is 466. The number of anilines is 1. The second-order valence-corrected chi connectivity index (χ2v) is 5.17. The van der Waals surface area contributed by atoms with Crippen LogP contribution in [0.2, 0.25) is 0 Å². The fourth-order valence-corrected chi connectivity index (χ4v) is 2.56. The first-order valence-corrected chi connectivity index (χ1v) is 6.63. The maximum atomic E-state index is 10.9. The fourth-order valence-electron chi connectivity index (χ4n) is 2.56. The second kappa shape index (κ2) is 5.57. The molecule has 1 aliphatic rings. The summed E-state index contributed by atoms with van der Waals surface area (Å²) in [6, 6.07) is 3.37. The lowest BCUT2D eigenvalue weighted by Crippen LogP contribution is -2.37. The predicted molar refractivity (Wildman–Crippen MR) is 72.6 cm³/mol.